The number of hydrogen-bond acceptors (Lipinski definition) is 5. The zero-order valence-corrected chi connectivity index (χ0v) is 21.0. The first kappa shape index (κ1) is 23.9. The van der Waals surface area contributed by atoms with E-state index in [2.05, 4.69) is 16.4 Å². The van der Waals surface area contributed by atoms with Crippen molar-refractivity contribution in [1.82, 2.24) is 20.3 Å². The number of amides is 1. The monoisotopic (exact) mass is 503 g/mol. The van der Waals surface area contributed by atoms with E-state index in [0.717, 1.165) is 41.8 Å². The molecule has 2 aromatic heterocycles. The Hall–Kier alpha value is -4.49. The van der Waals surface area contributed by atoms with Crippen molar-refractivity contribution >= 4 is 22.6 Å². The number of fused-ring (bicyclic) bond motifs is 2. The number of phenols is 1. The van der Waals surface area contributed by atoms with Crippen molar-refractivity contribution < 1.29 is 9.90 Å². The molecule has 0 spiro atoms. The van der Waals surface area contributed by atoms with Gasteiger partial charge in [0.25, 0.3) is 5.91 Å². The summed E-state index contributed by atoms with van der Waals surface area (Å²) in [5.74, 6) is 0.824. The van der Waals surface area contributed by atoms with Crippen molar-refractivity contribution in [3.05, 3.63) is 119 Å². The molecule has 190 valence electrons. The molecule has 0 saturated carbocycles. The van der Waals surface area contributed by atoms with Crippen LogP contribution in [-0.4, -0.2) is 32.6 Å². The molecular weight excluding hydrogens is 474 g/mol. The number of nitrogens with zero attached hydrogens (tertiary/aromatic N) is 3. The fourth-order valence-corrected chi connectivity index (χ4v) is 5.29. The standard InChI is InChI=1S/C31H29N5O2/c37-28-16-7-6-15-27(28)36(31(38)21-9-2-1-3-10-21)20-33-26-14-8-11-23-22(17-18-32-30(23)26)19-29-34-24-12-4-5-13-25(24)35-29/h1-7,9-10,12-13,15-18,26,33,37H,8,11,14,19-20H2,(H,34,35). The van der Waals surface area contributed by atoms with Gasteiger partial charge in [-0.3, -0.25) is 20.0 Å². The summed E-state index contributed by atoms with van der Waals surface area (Å²) in [7, 11) is 0. The molecule has 7 heteroatoms. The third-order valence-electron chi connectivity index (χ3n) is 7.17. The maximum atomic E-state index is 13.5. The fraction of sp³-hybridized carbons (Fsp3) is 0.194. The molecule has 0 fully saturated rings. The van der Waals surface area contributed by atoms with Crippen molar-refractivity contribution in [1.29, 1.82) is 0 Å². The second-order valence-electron chi connectivity index (χ2n) is 9.61. The Labute approximate surface area is 221 Å². The Kier molecular flexibility index (Phi) is 6.58. The molecule has 0 radical (unpaired) electrons. The first-order valence-corrected chi connectivity index (χ1v) is 13.0. The van der Waals surface area contributed by atoms with Gasteiger partial charge in [0.2, 0.25) is 0 Å². The number of pyridine rings is 1. The highest BCUT2D eigenvalue weighted by Gasteiger charge is 2.26. The highest BCUT2D eigenvalue weighted by atomic mass is 16.3. The van der Waals surface area contributed by atoms with E-state index in [-0.39, 0.29) is 24.4 Å². The van der Waals surface area contributed by atoms with Crippen LogP contribution in [0.5, 0.6) is 5.75 Å². The number of benzene rings is 3. The molecule has 1 amide bonds. The van der Waals surface area contributed by atoms with E-state index in [1.54, 1.807) is 35.2 Å². The number of aromatic hydroxyl groups is 1. The lowest BCUT2D eigenvalue weighted by Crippen LogP contribution is -2.41. The van der Waals surface area contributed by atoms with Crippen LogP contribution >= 0.6 is 0 Å². The van der Waals surface area contributed by atoms with Crippen LogP contribution in [0, 0.1) is 0 Å². The number of aromatic amines is 1. The number of nitrogens with one attached hydrogen (secondary N) is 2. The minimum Gasteiger partial charge on any atom is -0.506 e. The van der Waals surface area contributed by atoms with Crippen LogP contribution in [0.4, 0.5) is 5.69 Å². The summed E-state index contributed by atoms with van der Waals surface area (Å²) in [6.07, 6.45) is 5.48. The molecule has 1 aliphatic carbocycles. The second-order valence-corrected chi connectivity index (χ2v) is 9.61. The third-order valence-corrected chi connectivity index (χ3v) is 7.17. The van der Waals surface area contributed by atoms with E-state index in [1.165, 1.54) is 11.1 Å². The maximum Gasteiger partial charge on any atom is 0.259 e. The van der Waals surface area contributed by atoms with Crippen molar-refractivity contribution in [2.24, 2.45) is 0 Å². The van der Waals surface area contributed by atoms with E-state index in [1.807, 2.05) is 54.7 Å². The molecule has 1 unspecified atom stereocenters. The van der Waals surface area contributed by atoms with E-state index >= 15 is 0 Å². The number of para-hydroxylation sites is 4. The molecule has 1 aliphatic rings. The molecule has 0 aliphatic heterocycles. The van der Waals surface area contributed by atoms with E-state index < -0.39 is 0 Å². The van der Waals surface area contributed by atoms with Gasteiger partial charge in [-0.1, -0.05) is 42.5 Å². The number of imidazole rings is 1. The van der Waals surface area contributed by atoms with Crippen molar-refractivity contribution in [3.8, 4) is 5.75 Å². The Bertz CT molecular complexity index is 1550. The van der Waals surface area contributed by atoms with Crippen LogP contribution in [0.3, 0.4) is 0 Å². The minimum atomic E-state index is -0.178. The van der Waals surface area contributed by atoms with Gasteiger partial charge in [0.05, 0.1) is 35.1 Å². The van der Waals surface area contributed by atoms with Gasteiger partial charge in [0.15, 0.2) is 0 Å². The number of carbonyl (C=O) groups is 1. The van der Waals surface area contributed by atoms with Crippen LogP contribution in [-0.2, 0) is 12.8 Å². The first-order chi connectivity index (χ1) is 18.7. The molecular formula is C31H29N5O2. The lowest BCUT2D eigenvalue weighted by atomic mass is 9.88. The molecule has 3 N–H and O–H groups in total. The summed E-state index contributed by atoms with van der Waals surface area (Å²) >= 11 is 0. The van der Waals surface area contributed by atoms with Crippen LogP contribution in [0.25, 0.3) is 11.0 Å². The molecule has 38 heavy (non-hydrogen) atoms. The summed E-state index contributed by atoms with van der Waals surface area (Å²) in [6, 6.07) is 26.2. The molecule has 6 rings (SSSR count). The topological polar surface area (TPSA) is 94.1 Å². The smallest absolute Gasteiger partial charge is 0.259 e. The molecule has 5 aromatic rings. The molecule has 3 aromatic carbocycles. The molecule has 0 bridgehead atoms. The van der Waals surface area contributed by atoms with Gasteiger partial charge >= 0.3 is 0 Å². The first-order valence-electron chi connectivity index (χ1n) is 13.0. The van der Waals surface area contributed by atoms with Gasteiger partial charge in [-0.15, -0.1) is 0 Å². The summed E-state index contributed by atoms with van der Waals surface area (Å²) in [5.41, 5.74) is 6.53. The lowest BCUT2D eigenvalue weighted by molar-refractivity contribution is 0.0983. The average Bonchev–Trinajstić information content (AvgIpc) is 3.37. The number of phenolic OH excluding ortho intramolecular Hbond substituents is 1. The van der Waals surface area contributed by atoms with E-state index in [4.69, 9.17) is 9.97 Å². The number of carbonyl (C=O) groups excluding carboxylic acids is 1. The number of rotatable bonds is 7. The third kappa shape index (κ3) is 4.76. The zero-order chi connectivity index (χ0) is 25.9. The Morgan fingerprint density at radius 3 is 2.63 bits per heavy atom. The lowest BCUT2D eigenvalue weighted by Gasteiger charge is -2.30. The molecule has 2 heterocycles. The van der Waals surface area contributed by atoms with Gasteiger partial charge in [-0.25, -0.2) is 4.98 Å². The normalized spacial score (nSPS) is 14.8. The van der Waals surface area contributed by atoms with Crippen LogP contribution in [0.2, 0.25) is 0 Å². The predicted octanol–water partition coefficient (Wildman–Crippen LogP) is 5.53. The van der Waals surface area contributed by atoms with Gasteiger partial charge in [-0.2, -0.15) is 0 Å². The van der Waals surface area contributed by atoms with Crippen LogP contribution in [0.1, 0.15) is 51.9 Å². The van der Waals surface area contributed by atoms with E-state index in [9.17, 15) is 9.90 Å². The number of aromatic nitrogens is 3. The number of H-pyrrole nitrogens is 1. The maximum absolute atomic E-state index is 13.5. The average molecular weight is 504 g/mol. The molecule has 7 nitrogen and oxygen atoms in total. The van der Waals surface area contributed by atoms with Crippen LogP contribution in [0.15, 0.2) is 91.1 Å². The van der Waals surface area contributed by atoms with E-state index in [0.29, 0.717) is 17.7 Å². The Morgan fingerprint density at radius 1 is 1.00 bits per heavy atom. The predicted molar refractivity (Wildman–Crippen MR) is 148 cm³/mol. The number of anilines is 1. The van der Waals surface area contributed by atoms with Crippen molar-refractivity contribution in [2.75, 3.05) is 11.6 Å². The zero-order valence-electron chi connectivity index (χ0n) is 21.0. The summed E-state index contributed by atoms with van der Waals surface area (Å²) in [6.45, 7) is 0.241. The molecule has 0 saturated heterocycles. The van der Waals surface area contributed by atoms with Gasteiger partial charge < -0.3 is 10.1 Å². The summed E-state index contributed by atoms with van der Waals surface area (Å²) < 4.78 is 0. The fourth-order valence-electron chi connectivity index (χ4n) is 5.29. The number of hydrogen-bond donors (Lipinski definition) is 3. The Morgan fingerprint density at radius 2 is 1.79 bits per heavy atom. The Balaban J connectivity index is 1.26. The van der Waals surface area contributed by atoms with Crippen molar-refractivity contribution in [2.45, 2.75) is 31.7 Å². The SMILES string of the molecule is O=C(c1ccccc1)N(CNC1CCCc2c(Cc3nc4ccccc4[nH]3)ccnc21)c1ccccc1O. The summed E-state index contributed by atoms with van der Waals surface area (Å²) in [4.78, 5) is 28.1. The second kappa shape index (κ2) is 10.5. The summed E-state index contributed by atoms with van der Waals surface area (Å²) in [5, 5.41) is 14.1. The minimum absolute atomic E-state index is 0.00805. The largest absolute Gasteiger partial charge is 0.506 e. The van der Waals surface area contributed by atoms with Gasteiger partial charge in [0, 0.05) is 18.2 Å². The highest BCUT2D eigenvalue weighted by molar-refractivity contribution is 6.06. The van der Waals surface area contributed by atoms with Crippen molar-refractivity contribution in [3.63, 3.8) is 0 Å². The highest BCUT2D eigenvalue weighted by Crippen LogP contribution is 2.32. The van der Waals surface area contributed by atoms with Gasteiger partial charge in [-0.05, 0) is 72.9 Å². The molecule has 1 atom stereocenters. The van der Waals surface area contributed by atoms with Gasteiger partial charge in [0.1, 0.15) is 11.6 Å². The quantitative estimate of drug-likeness (QED) is 0.254. The van der Waals surface area contributed by atoms with Crippen LogP contribution < -0.4 is 10.2 Å².